The molecule has 7 heteroatoms. The Morgan fingerprint density at radius 1 is 1.00 bits per heavy atom. The van der Waals surface area contributed by atoms with E-state index in [0.29, 0.717) is 34.8 Å². The first-order valence-electron chi connectivity index (χ1n) is 7.57. The molecule has 138 valence electrons. The molecule has 2 rings (SSSR count). The molecule has 0 atom stereocenters. The van der Waals surface area contributed by atoms with Crippen molar-refractivity contribution in [1.82, 2.24) is 5.32 Å². The topological polar surface area (TPSA) is 39.7 Å². The zero-order valence-corrected chi connectivity index (χ0v) is 16.5. The van der Waals surface area contributed by atoms with Gasteiger partial charge in [0.25, 0.3) is 0 Å². The fraction of sp³-hybridized carbons (Fsp3) is 0.333. The van der Waals surface area contributed by atoms with Gasteiger partial charge in [0.1, 0.15) is 6.61 Å². The molecular formula is C18H22Cl3NO3. The molecule has 0 heterocycles. The first-order chi connectivity index (χ1) is 11.6. The van der Waals surface area contributed by atoms with Crippen molar-refractivity contribution in [2.24, 2.45) is 0 Å². The molecule has 25 heavy (non-hydrogen) atoms. The summed E-state index contributed by atoms with van der Waals surface area (Å²) in [5.74, 6) is 1.36. The number of hydrogen-bond donors (Lipinski definition) is 1. The van der Waals surface area contributed by atoms with Gasteiger partial charge in [-0.15, -0.1) is 12.4 Å². The van der Waals surface area contributed by atoms with Crippen LogP contribution in [0.25, 0.3) is 0 Å². The molecule has 4 nitrogen and oxygen atoms in total. The second-order valence-electron chi connectivity index (χ2n) is 5.18. The maximum absolute atomic E-state index is 6.16. The van der Waals surface area contributed by atoms with E-state index in [4.69, 9.17) is 37.4 Å². The number of nitrogens with one attached hydrogen (secondary N) is 1. The van der Waals surface area contributed by atoms with Crippen LogP contribution >= 0.6 is 35.6 Å². The van der Waals surface area contributed by atoms with Gasteiger partial charge in [0, 0.05) is 35.8 Å². The number of benzene rings is 2. The van der Waals surface area contributed by atoms with Crippen LogP contribution < -0.4 is 14.8 Å². The van der Waals surface area contributed by atoms with Crippen molar-refractivity contribution >= 4 is 35.6 Å². The number of hydrogen-bond acceptors (Lipinski definition) is 4. The van der Waals surface area contributed by atoms with E-state index in [-0.39, 0.29) is 12.4 Å². The smallest absolute Gasteiger partial charge is 0.161 e. The van der Waals surface area contributed by atoms with Crippen LogP contribution in [0.1, 0.15) is 11.1 Å². The monoisotopic (exact) mass is 405 g/mol. The molecule has 2 aromatic carbocycles. The van der Waals surface area contributed by atoms with Crippen LogP contribution in [0, 0.1) is 0 Å². The fourth-order valence-corrected chi connectivity index (χ4v) is 2.61. The Bertz CT molecular complexity index is 668. The molecule has 0 amide bonds. The predicted octanol–water partition coefficient (Wildman–Crippen LogP) is 4.74. The van der Waals surface area contributed by atoms with E-state index in [0.717, 1.165) is 24.2 Å². The van der Waals surface area contributed by atoms with Crippen LogP contribution in [0.4, 0.5) is 0 Å². The molecule has 0 fully saturated rings. The van der Waals surface area contributed by atoms with Gasteiger partial charge in [0.05, 0.1) is 13.7 Å². The third-order valence-corrected chi connectivity index (χ3v) is 4.03. The molecule has 0 aromatic heterocycles. The Balaban J connectivity index is 0.00000312. The fourth-order valence-electron chi connectivity index (χ4n) is 2.14. The summed E-state index contributed by atoms with van der Waals surface area (Å²) in [7, 11) is 3.31. The lowest BCUT2D eigenvalue weighted by Gasteiger charge is -2.13. The Hall–Kier alpha value is -1.17. The summed E-state index contributed by atoms with van der Waals surface area (Å²) in [6.07, 6.45) is 0. The van der Waals surface area contributed by atoms with E-state index in [1.807, 2.05) is 24.3 Å². The minimum absolute atomic E-state index is 0. The van der Waals surface area contributed by atoms with E-state index in [2.05, 4.69) is 5.32 Å². The Morgan fingerprint density at radius 2 is 1.80 bits per heavy atom. The summed E-state index contributed by atoms with van der Waals surface area (Å²) in [6, 6.07) is 11.2. The summed E-state index contributed by atoms with van der Waals surface area (Å²) in [4.78, 5) is 0. The second-order valence-corrected chi connectivity index (χ2v) is 6.02. The summed E-state index contributed by atoms with van der Waals surface area (Å²) in [5.41, 5.74) is 1.98. The van der Waals surface area contributed by atoms with Gasteiger partial charge in [-0.05, 0) is 29.8 Å². The molecule has 0 aliphatic rings. The molecule has 0 aliphatic carbocycles. The normalized spacial score (nSPS) is 10.2. The molecule has 0 saturated carbocycles. The van der Waals surface area contributed by atoms with Crippen molar-refractivity contribution in [3.05, 3.63) is 57.6 Å². The minimum atomic E-state index is 0. The number of rotatable bonds is 9. The highest BCUT2D eigenvalue weighted by molar-refractivity contribution is 6.35. The molecule has 0 aliphatic heterocycles. The van der Waals surface area contributed by atoms with Crippen LogP contribution in [0.15, 0.2) is 36.4 Å². The average Bonchev–Trinajstić information content (AvgIpc) is 2.58. The molecule has 0 radical (unpaired) electrons. The Morgan fingerprint density at radius 3 is 2.48 bits per heavy atom. The maximum atomic E-state index is 6.16. The van der Waals surface area contributed by atoms with Gasteiger partial charge in [-0.3, -0.25) is 0 Å². The third kappa shape index (κ3) is 6.92. The molecule has 0 saturated heterocycles. The predicted molar refractivity (Wildman–Crippen MR) is 105 cm³/mol. The molecule has 0 bridgehead atoms. The van der Waals surface area contributed by atoms with Crippen molar-refractivity contribution in [3.63, 3.8) is 0 Å². The quantitative estimate of drug-likeness (QED) is 0.611. The second kappa shape index (κ2) is 11.4. The van der Waals surface area contributed by atoms with Gasteiger partial charge in [0.2, 0.25) is 0 Å². The SMILES string of the molecule is COCCNCc1ccc(OCc2ccc(Cl)cc2Cl)c(OC)c1.Cl. The number of ether oxygens (including phenoxy) is 3. The zero-order chi connectivity index (χ0) is 17.4. The number of halogens is 3. The molecule has 0 unspecified atom stereocenters. The maximum Gasteiger partial charge on any atom is 0.161 e. The van der Waals surface area contributed by atoms with E-state index < -0.39 is 0 Å². The van der Waals surface area contributed by atoms with Crippen molar-refractivity contribution in [2.75, 3.05) is 27.4 Å². The summed E-state index contributed by atoms with van der Waals surface area (Å²) in [5, 5.41) is 4.48. The van der Waals surface area contributed by atoms with Crippen molar-refractivity contribution in [2.45, 2.75) is 13.2 Å². The first-order valence-corrected chi connectivity index (χ1v) is 8.33. The van der Waals surface area contributed by atoms with Gasteiger partial charge in [-0.2, -0.15) is 0 Å². The standard InChI is InChI=1S/C18H21Cl2NO3.ClH/c1-22-8-7-21-11-13-3-6-17(18(9-13)23-2)24-12-14-4-5-15(19)10-16(14)20;/h3-6,9-10,21H,7-8,11-12H2,1-2H3;1H. The van der Waals surface area contributed by atoms with Gasteiger partial charge < -0.3 is 19.5 Å². The van der Waals surface area contributed by atoms with E-state index in [1.54, 1.807) is 26.4 Å². The van der Waals surface area contributed by atoms with E-state index in [9.17, 15) is 0 Å². The minimum Gasteiger partial charge on any atom is -0.493 e. The lowest BCUT2D eigenvalue weighted by atomic mass is 10.2. The van der Waals surface area contributed by atoms with Crippen LogP contribution in [0.5, 0.6) is 11.5 Å². The van der Waals surface area contributed by atoms with Crippen LogP contribution in [-0.4, -0.2) is 27.4 Å². The Labute approximate surface area is 164 Å². The summed E-state index contributed by atoms with van der Waals surface area (Å²) >= 11 is 12.1. The van der Waals surface area contributed by atoms with Gasteiger partial charge >= 0.3 is 0 Å². The van der Waals surface area contributed by atoms with Crippen LogP contribution in [-0.2, 0) is 17.9 Å². The third-order valence-electron chi connectivity index (χ3n) is 3.44. The highest BCUT2D eigenvalue weighted by Gasteiger charge is 2.08. The van der Waals surface area contributed by atoms with Crippen molar-refractivity contribution < 1.29 is 14.2 Å². The first kappa shape index (κ1) is 21.9. The molecular weight excluding hydrogens is 385 g/mol. The van der Waals surface area contributed by atoms with Crippen molar-refractivity contribution in [1.29, 1.82) is 0 Å². The van der Waals surface area contributed by atoms with E-state index in [1.165, 1.54) is 0 Å². The zero-order valence-electron chi connectivity index (χ0n) is 14.2. The van der Waals surface area contributed by atoms with Crippen molar-refractivity contribution in [3.8, 4) is 11.5 Å². The van der Waals surface area contributed by atoms with Crippen LogP contribution in [0.2, 0.25) is 10.0 Å². The lowest BCUT2D eigenvalue weighted by molar-refractivity contribution is 0.199. The largest absolute Gasteiger partial charge is 0.493 e. The lowest BCUT2D eigenvalue weighted by Crippen LogP contribution is -2.18. The molecule has 2 aromatic rings. The highest BCUT2D eigenvalue weighted by atomic mass is 35.5. The Kier molecular flexibility index (Phi) is 10.0. The number of methoxy groups -OCH3 is 2. The molecule has 0 spiro atoms. The van der Waals surface area contributed by atoms with Crippen LogP contribution in [0.3, 0.4) is 0 Å². The summed E-state index contributed by atoms with van der Waals surface area (Å²) in [6.45, 7) is 2.56. The average molecular weight is 407 g/mol. The van der Waals surface area contributed by atoms with Gasteiger partial charge in [-0.25, -0.2) is 0 Å². The summed E-state index contributed by atoms with van der Waals surface area (Å²) < 4.78 is 16.3. The van der Waals surface area contributed by atoms with Gasteiger partial charge in [-0.1, -0.05) is 35.3 Å². The van der Waals surface area contributed by atoms with E-state index >= 15 is 0 Å². The molecule has 1 N–H and O–H groups in total. The highest BCUT2D eigenvalue weighted by Crippen LogP contribution is 2.30. The van der Waals surface area contributed by atoms with Gasteiger partial charge in [0.15, 0.2) is 11.5 Å².